The van der Waals surface area contributed by atoms with E-state index in [-0.39, 0.29) is 0 Å². The predicted octanol–water partition coefficient (Wildman–Crippen LogP) is 1.52. The van der Waals surface area contributed by atoms with Gasteiger partial charge in [0, 0.05) is 18.2 Å². The molecule has 0 aliphatic heterocycles. The van der Waals surface area contributed by atoms with Gasteiger partial charge in [-0.05, 0) is 31.3 Å². The average Bonchev–Trinajstić information content (AvgIpc) is 2.39. The van der Waals surface area contributed by atoms with Crippen LogP contribution in [0.3, 0.4) is 0 Å². The van der Waals surface area contributed by atoms with Gasteiger partial charge in [0.15, 0.2) is 5.11 Å². The van der Waals surface area contributed by atoms with E-state index in [0.29, 0.717) is 10.9 Å². The molecule has 0 heterocycles. The van der Waals surface area contributed by atoms with Crippen molar-refractivity contribution in [2.45, 2.75) is 6.92 Å². The number of hydrogen-bond donors (Lipinski definition) is 2. The first-order chi connectivity index (χ1) is 8.71. The van der Waals surface area contributed by atoms with E-state index in [1.165, 1.54) is 0 Å². The lowest BCUT2D eigenvalue weighted by Crippen LogP contribution is -2.31. The first-order valence-electron chi connectivity index (χ1n) is 5.50. The van der Waals surface area contributed by atoms with Gasteiger partial charge in [0.2, 0.25) is 0 Å². The van der Waals surface area contributed by atoms with Gasteiger partial charge in [-0.25, -0.2) is 0 Å². The molecule has 0 aliphatic rings. The smallest absolute Gasteiger partial charge is 0.186 e. The molecule has 98 valence electrons. The second-order valence-electron chi connectivity index (χ2n) is 3.34. The number of hydrazone groups is 1. The zero-order valence-electron chi connectivity index (χ0n) is 10.7. The van der Waals surface area contributed by atoms with Crippen LogP contribution in [0.5, 0.6) is 11.5 Å². The third kappa shape index (κ3) is 4.21. The zero-order valence-corrected chi connectivity index (χ0v) is 11.5. The molecule has 5 nitrogen and oxygen atoms in total. The van der Waals surface area contributed by atoms with Gasteiger partial charge in [0.1, 0.15) is 11.5 Å². The maximum atomic E-state index is 5.25. The van der Waals surface area contributed by atoms with Crippen LogP contribution in [0.25, 0.3) is 0 Å². The van der Waals surface area contributed by atoms with Gasteiger partial charge in [-0.1, -0.05) is 0 Å². The zero-order chi connectivity index (χ0) is 13.4. The van der Waals surface area contributed by atoms with E-state index in [1.54, 1.807) is 26.5 Å². The van der Waals surface area contributed by atoms with Crippen molar-refractivity contribution >= 4 is 23.5 Å². The maximum Gasteiger partial charge on any atom is 0.186 e. The molecule has 0 amide bonds. The summed E-state index contributed by atoms with van der Waals surface area (Å²) >= 11 is 4.98. The Morgan fingerprint density at radius 1 is 1.39 bits per heavy atom. The second-order valence-corrected chi connectivity index (χ2v) is 3.75. The fourth-order valence-electron chi connectivity index (χ4n) is 1.29. The minimum atomic E-state index is 0.487. The summed E-state index contributed by atoms with van der Waals surface area (Å²) in [5.74, 6) is 1.43. The highest BCUT2D eigenvalue weighted by molar-refractivity contribution is 7.80. The Bertz CT molecular complexity index is 435. The number of ether oxygens (including phenoxy) is 2. The van der Waals surface area contributed by atoms with Crippen molar-refractivity contribution in [3.63, 3.8) is 0 Å². The number of benzene rings is 1. The molecule has 0 radical (unpaired) electrons. The number of thiocarbonyl (C=S) groups is 1. The Morgan fingerprint density at radius 3 is 2.78 bits per heavy atom. The first kappa shape index (κ1) is 14.2. The normalized spacial score (nSPS) is 10.2. The molecule has 0 fully saturated rings. The van der Waals surface area contributed by atoms with Crippen LogP contribution in [0.1, 0.15) is 12.5 Å². The van der Waals surface area contributed by atoms with Crippen molar-refractivity contribution in [3.05, 3.63) is 23.8 Å². The first-order valence-corrected chi connectivity index (χ1v) is 5.91. The highest BCUT2D eigenvalue weighted by atomic mass is 32.1. The van der Waals surface area contributed by atoms with Crippen molar-refractivity contribution in [3.8, 4) is 11.5 Å². The van der Waals surface area contributed by atoms with Crippen LogP contribution < -0.4 is 20.2 Å². The van der Waals surface area contributed by atoms with Crippen molar-refractivity contribution in [2.24, 2.45) is 5.10 Å². The Morgan fingerprint density at radius 2 is 2.17 bits per heavy atom. The van der Waals surface area contributed by atoms with Crippen LogP contribution in [-0.2, 0) is 0 Å². The number of methoxy groups -OCH3 is 2. The van der Waals surface area contributed by atoms with Crippen LogP contribution in [0, 0.1) is 0 Å². The van der Waals surface area contributed by atoms with Crippen molar-refractivity contribution < 1.29 is 9.47 Å². The van der Waals surface area contributed by atoms with Gasteiger partial charge < -0.3 is 14.8 Å². The molecule has 0 unspecified atom stereocenters. The average molecular weight is 267 g/mol. The van der Waals surface area contributed by atoms with Crippen LogP contribution in [0.15, 0.2) is 23.3 Å². The molecule has 0 atom stereocenters. The highest BCUT2D eigenvalue weighted by Gasteiger charge is 2.02. The van der Waals surface area contributed by atoms with Gasteiger partial charge in [-0.2, -0.15) is 5.10 Å². The van der Waals surface area contributed by atoms with E-state index in [9.17, 15) is 0 Å². The maximum absolute atomic E-state index is 5.25. The standard InChI is InChI=1S/C12H17N3O2S/c1-4-13-12(18)15-14-8-9-5-6-10(16-2)7-11(9)17-3/h5-8H,4H2,1-3H3,(H2,13,15,18)/b14-8-. The Balaban J connectivity index is 2.71. The SMILES string of the molecule is CCNC(=S)N/N=C\c1ccc(OC)cc1OC. The fraction of sp³-hybridized carbons (Fsp3) is 0.333. The van der Waals surface area contributed by atoms with Gasteiger partial charge in [0.25, 0.3) is 0 Å². The highest BCUT2D eigenvalue weighted by Crippen LogP contribution is 2.22. The van der Waals surface area contributed by atoms with Gasteiger partial charge in [-0.3, -0.25) is 5.43 Å². The molecule has 0 bridgehead atoms. The Kier molecular flexibility index (Phi) is 5.93. The summed E-state index contributed by atoms with van der Waals surface area (Å²) in [4.78, 5) is 0. The molecule has 1 aromatic rings. The fourth-order valence-corrected chi connectivity index (χ4v) is 1.48. The molecule has 0 aromatic heterocycles. The molecule has 1 rings (SSSR count). The summed E-state index contributed by atoms with van der Waals surface area (Å²) in [5.41, 5.74) is 3.55. The molecular weight excluding hydrogens is 250 g/mol. The Hall–Kier alpha value is -1.82. The summed E-state index contributed by atoms with van der Waals surface area (Å²) in [6.45, 7) is 2.72. The van der Waals surface area contributed by atoms with Gasteiger partial charge in [-0.15, -0.1) is 0 Å². The van der Waals surface area contributed by atoms with Gasteiger partial charge in [0.05, 0.1) is 20.4 Å². The minimum absolute atomic E-state index is 0.487. The molecule has 0 spiro atoms. The number of hydrogen-bond acceptors (Lipinski definition) is 4. The summed E-state index contributed by atoms with van der Waals surface area (Å²) in [6.07, 6.45) is 1.64. The van der Waals surface area contributed by atoms with Crippen LogP contribution >= 0.6 is 12.2 Å². The second kappa shape index (κ2) is 7.50. The summed E-state index contributed by atoms with van der Waals surface area (Å²) in [5, 5.41) is 7.45. The lowest BCUT2D eigenvalue weighted by atomic mass is 10.2. The number of rotatable bonds is 5. The third-order valence-corrected chi connectivity index (χ3v) is 2.38. The van der Waals surface area contributed by atoms with E-state index >= 15 is 0 Å². The predicted molar refractivity (Wildman–Crippen MR) is 76.6 cm³/mol. The van der Waals surface area contributed by atoms with E-state index < -0.39 is 0 Å². The monoisotopic (exact) mass is 267 g/mol. The van der Waals surface area contributed by atoms with Crippen molar-refractivity contribution in [1.82, 2.24) is 10.7 Å². The van der Waals surface area contributed by atoms with E-state index in [4.69, 9.17) is 21.7 Å². The van der Waals surface area contributed by atoms with E-state index in [2.05, 4.69) is 15.8 Å². The molecule has 2 N–H and O–H groups in total. The Labute approximate surface area is 112 Å². The lowest BCUT2D eigenvalue weighted by molar-refractivity contribution is 0.394. The molecular formula is C12H17N3O2S. The van der Waals surface area contributed by atoms with Crippen molar-refractivity contribution in [2.75, 3.05) is 20.8 Å². The third-order valence-electron chi connectivity index (χ3n) is 2.15. The van der Waals surface area contributed by atoms with Gasteiger partial charge >= 0.3 is 0 Å². The van der Waals surface area contributed by atoms with Crippen LogP contribution in [-0.4, -0.2) is 32.1 Å². The lowest BCUT2D eigenvalue weighted by Gasteiger charge is -2.07. The van der Waals surface area contributed by atoms with E-state index in [0.717, 1.165) is 17.9 Å². The summed E-state index contributed by atoms with van der Waals surface area (Å²) < 4.78 is 10.4. The number of nitrogens with zero attached hydrogens (tertiary/aromatic N) is 1. The topological polar surface area (TPSA) is 54.9 Å². The van der Waals surface area contributed by atoms with Crippen LogP contribution in [0.4, 0.5) is 0 Å². The molecule has 0 aliphatic carbocycles. The summed E-state index contributed by atoms with van der Waals surface area (Å²) in [6, 6.07) is 5.50. The van der Waals surface area contributed by atoms with E-state index in [1.807, 2.05) is 19.1 Å². The molecule has 18 heavy (non-hydrogen) atoms. The molecule has 6 heteroatoms. The molecule has 1 aromatic carbocycles. The largest absolute Gasteiger partial charge is 0.497 e. The van der Waals surface area contributed by atoms with Crippen LogP contribution in [0.2, 0.25) is 0 Å². The minimum Gasteiger partial charge on any atom is -0.497 e. The number of nitrogens with one attached hydrogen (secondary N) is 2. The summed E-state index contributed by atoms with van der Waals surface area (Å²) in [7, 11) is 3.21. The van der Waals surface area contributed by atoms with Crippen molar-refractivity contribution in [1.29, 1.82) is 0 Å². The quantitative estimate of drug-likeness (QED) is 0.481. The molecule has 0 saturated carbocycles. The molecule has 0 saturated heterocycles.